The molecule has 0 amide bonds. The van der Waals surface area contributed by atoms with E-state index in [-0.39, 0.29) is 22.5 Å². The molecule has 1 spiro atoms. The molecule has 5 rings (SSSR count). The van der Waals surface area contributed by atoms with Crippen molar-refractivity contribution in [1.82, 2.24) is 9.47 Å². The molecule has 2 fully saturated rings. The number of likely N-dealkylation sites (tertiary alicyclic amines) is 1. The average molecular weight is 585 g/mol. The maximum Gasteiger partial charge on any atom is 0.419 e. The summed E-state index contributed by atoms with van der Waals surface area (Å²) in [6.07, 6.45) is 2.30. The quantitative estimate of drug-likeness (QED) is 0.280. The second kappa shape index (κ2) is 11.4. The van der Waals surface area contributed by atoms with Crippen molar-refractivity contribution in [3.8, 4) is 5.75 Å². The number of carbonyl (C=O) groups excluding carboxylic acids is 2. The van der Waals surface area contributed by atoms with Crippen molar-refractivity contribution in [2.75, 3.05) is 26.9 Å². The van der Waals surface area contributed by atoms with E-state index in [1.165, 1.54) is 11.7 Å². The number of thioether (sulfide) groups is 1. The Hall–Kier alpha value is -2.97. The average Bonchev–Trinajstić information content (AvgIpc) is 3.38. The second-order valence-electron chi connectivity index (χ2n) is 12.4. The van der Waals surface area contributed by atoms with Crippen LogP contribution >= 0.6 is 11.8 Å². The third-order valence-corrected chi connectivity index (χ3v) is 9.16. The van der Waals surface area contributed by atoms with Crippen LogP contribution in [-0.2, 0) is 16.0 Å². The van der Waals surface area contributed by atoms with Crippen molar-refractivity contribution in [2.45, 2.75) is 76.8 Å². The van der Waals surface area contributed by atoms with Gasteiger partial charge in [0, 0.05) is 39.1 Å². The zero-order valence-electron chi connectivity index (χ0n) is 30.3. The van der Waals surface area contributed by atoms with Gasteiger partial charge in [0.15, 0.2) is 0 Å². The van der Waals surface area contributed by atoms with Crippen molar-refractivity contribution >= 4 is 34.7 Å². The van der Waals surface area contributed by atoms with E-state index < -0.39 is 30.9 Å². The molecule has 1 aliphatic carbocycles. The normalized spacial score (nSPS) is 25.7. The van der Waals surface area contributed by atoms with Gasteiger partial charge in [0.2, 0.25) is 0 Å². The van der Waals surface area contributed by atoms with Gasteiger partial charge in [-0.25, -0.2) is 9.59 Å². The molecule has 3 aromatic rings. The molecule has 0 radical (unpaired) electrons. The highest BCUT2D eigenvalue weighted by molar-refractivity contribution is 7.99. The molecule has 0 bridgehead atoms. The van der Waals surface area contributed by atoms with E-state index in [1.54, 1.807) is 58.2 Å². The highest BCUT2D eigenvalue weighted by Crippen LogP contribution is 2.57. The van der Waals surface area contributed by atoms with Crippen LogP contribution in [0.5, 0.6) is 5.75 Å². The number of hydrogen-bond donors (Lipinski definition) is 0. The van der Waals surface area contributed by atoms with E-state index in [9.17, 15) is 9.59 Å². The van der Waals surface area contributed by atoms with Gasteiger partial charge in [-0.1, -0.05) is 12.1 Å². The molecule has 1 aromatic heterocycles. The summed E-state index contributed by atoms with van der Waals surface area (Å²) < 4.78 is 64.4. The number of hydrogen-bond acceptors (Lipinski definition) is 7. The van der Waals surface area contributed by atoms with Gasteiger partial charge in [-0.3, -0.25) is 9.47 Å². The van der Waals surface area contributed by atoms with Crippen molar-refractivity contribution in [1.29, 1.82) is 0 Å². The van der Waals surface area contributed by atoms with E-state index in [1.807, 2.05) is 12.1 Å². The monoisotopic (exact) mass is 584 g/mol. The van der Waals surface area contributed by atoms with Crippen LogP contribution in [0.4, 0.5) is 4.79 Å². The maximum absolute atomic E-state index is 13.2. The summed E-state index contributed by atoms with van der Waals surface area (Å²) in [5, 5.41) is 0.757. The lowest BCUT2D eigenvalue weighted by Gasteiger charge is -2.55. The van der Waals surface area contributed by atoms with Gasteiger partial charge >= 0.3 is 12.1 Å². The van der Waals surface area contributed by atoms with Crippen LogP contribution in [0.1, 0.15) is 87.8 Å². The van der Waals surface area contributed by atoms with Crippen LogP contribution < -0.4 is 4.74 Å². The molecular formula is C33H42N2O5S. The van der Waals surface area contributed by atoms with E-state index in [4.69, 9.17) is 22.4 Å². The minimum atomic E-state index is -2.70. The SMILES string of the molecule is [2H]C([2H])([2H])Oc1cc(C)c2c(ccn2C(=O)OC(C)(C)C)c1CN1CCC2(CC(SC([2H])([2H])[2H])C2)C[C@H]1c1ccc(C(=O)OC)cc1. The van der Waals surface area contributed by atoms with Gasteiger partial charge in [-0.15, -0.1) is 0 Å². The van der Waals surface area contributed by atoms with Crippen LogP contribution in [0.15, 0.2) is 42.6 Å². The van der Waals surface area contributed by atoms with Crippen molar-refractivity contribution in [2.24, 2.45) is 5.41 Å². The molecule has 1 atom stereocenters. The lowest BCUT2D eigenvalue weighted by Crippen LogP contribution is -2.49. The topological polar surface area (TPSA) is 70.0 Å². The molecule has 2 aromatic carbocycles. The third kappa shape index (κ3) is 5.86. The zero-order chi connectivity index (χ0) is 34.5. The number of nitrogens with zero attached hydrogens (tertiary/aromatic N) is 2. The Morgan fingerprint density at radius 2 is 1.90 bits per heavy atom. The number of carbonyl (C=O) groups is 2. The van der Waals surface area contributed by atoms with Gasteiger partial charge in [-0.2, -0.15) is 11.8 Å². The standard InChI is InChI=1S/C33H42N2O5S/c1-21-16-28(38-5)26(25-12-14-35(29(21)25)31(37)40-32(2,3)4)20-34-15-13-33(17-24(18-33)41-7)19-27(34)22-8-10-23(11-9-22)30(36)39-6/h8-12,14,16,24,27H,13,15,17-20H2,1-7H3/t24?,27-,33?/m0/s1/i5D3,7D3. The Kier molecular flexibility index (Phi) is 6.27. The zero-order valence-corrected chi connectivity index (χ0v) is 25.1. The fraction of sp³-hybridized carbons (Fsp3) is 0.515. The lowest BCUT2D eigenvalue weighted by atomic mass is 9.60. The predicted octanol–water partition coefficient (Wildman–Crippen LogP) is 7.38. The molecule has 1 saturated carbocycles. The van der Waals surface area contributed by atoms with Crippen molar-refractivity contribution < 1.29 is 32.0 Å². The molecule has 1 saturated heterocycles. The number of methoxy groups -OCH3 is 2. The van der Waals surface area contributed by atoms with Gasteiger partial charge < -0.3 is 14.2 Å². The summed E-state index contributed by atoms with van der Waals surface area (Å²) in [7, 11) is -1.36. The first-order chi connectivity index (χ1) is 21.8. The highest BCUT2D eigenvalue weighted by Gasteiger charge is 2.48. The summed E-state index contributed by atoms with van der Waals surface area (Å²) >= 11 is 1.06. The Balaban J connectivity index is 1.54. The van der Waals surface area contributed by atoms with Crippen LogP contribution in [0, 0.1) is 12.3 Å². The number of aromatic nitrogens is 1. The molecule has 7 nitrogen and oxygen atoms in total. The van der Waals surface area contributed by atoms with Crippen LogP contribution in [0.25, 0.3) is 10.9 Å². The van der Waals surface area contributed by atoms with E-state index in [2.05, 4.69) is 4.90 Å². The van der Waals surface area contributed by atoms with Crippen LogP contribution in [-0.4, -0.2) is 59.3 Å². The fourth-order valence-corrected chi connectivity index (χ4v) is 7.37. The summed E-state index contributed by atoms with van der Waals surface area (Å²) in [5.41, 5.74) is 2.60. The van der Waals surface area contributed by atoms with E-state index in [0.717, 1.165) is 43.0 Å². The van der Waals surface area contributed by atoms with Crippen LogP contribution in [0.3, 0.4) is 0 Å². The van der Waals surface area contributed by atoms with Gasteiger partial charge in [-0.05, 0) is 107 Å². The summed E-state index contributed by atoms with van der Waals surface area (Å²) in [6.45, 7) is 8.19. The third-order valence-electron chi connectivity index (χ3n) is 8.49. The smallest absolute Gasteiger partial charge is 0.419 e. The molecule has 0 N–H and O–H groups in total. The highest BCUT2D eigenvalue weighted by atomic mass is 32.2. The second-order valence-corrected chi connectivity index (χ2v) is 13.3. The first kappa shape index (κ1) is 22.6. The predicted molar refractivity (Wildman–Crippen MR) is 164 cm³/mol. The first-order valence-electron chi connectivity index (χ1n) is 16.9. The fourth-order valence-electron chi connectivity index (χ4n) is 6.50. The number of ether oxygens (including phenoxy) is 3. The minimum absolute atomic E-state index is 0.0221. The van der Waals surface area contributed by atoms with Crippen molar-refractivity contribution in [3.05, 3.63) is 64.8 Å². The maximum atomic E-state index is 13.2. The van der Waals surface area contributed by atoms with Crippen LogP contribution in [0.2, 0.25) is 0 Å². The largest absolute Gasteiger partial charge is 0.496 e. The van der Waals surface area contributed by atoms with Gasteiger partial charge in [0.25, 0.3) is 0 Å². The molecule has 2 heterocycles. The molecular weight excluding hydrogens is 536 g/mol. The number of piperidine rings is 1. The number of rotatable bonds is 6. The Labute approximate surface area is 255 Å². The van der Waals surface area contributed by atoms with Gasteiger partial charge in [0.1, 0.15) is 11.4 Å². The van der Waals surface area contributed by atoms with E-state index in [0.29, 0.717) is 40.7 Å². The molecule has 8 heteroatoms. The Bertz CT molecular complexity index is 1640. The first-order valence-corrected chi connectivity index (χ1v) is 14.8. The Morgan fingerprint density at radius 1 is 1.15 bits per heavy atom. The number of esters is 1. The Morgan fingerprint density at radius 3 is 2.56 bits per heavy atom. The summed E-state index contributed by atoms with van der Waals surface area (Å²) in [6, 6.07) is 10.7. The van der Waals surface area contributed by atoms with Gasteiger partial charge in [0.05, 0.1) is 29.3 Å². The number of fused-ring (bicyclic) bond motifs is 1. The molecule has 41 heavy (non-hydrogen) atoms. The molecule has 220 valence electrons. The molecule has 2 aliphatic rings. The molecule has 0 unspecified atom stereocenters. The lowest BCUT2D eigenvalue weighted by molar-refractivity contribution is -0.00568. The summed E-state index contributed by atoms with van der Waals surface area (Å²) in [4.78, 5) is 27.7. The number of benzene rings is 2. The number of aryl methyl sites for hydroxylation is 1. The minimum Gasteiger partial charge on any atom is -0.496 e. The summed E-state index contributed by atoms with van der Waals surface area (Å²) in [5.74, 6) is -0.213. The molecule has 1 aliphatic heterocycles. The van der Waals surface area contributed by atoms with E-state index >= 15 is 0 Å². The van der Waals surface area contributed by atoms with Crippen molar-refractivity contribution in [3.63, 3.8) is 0 Å².